The SMILES string of the molecule is Cc1nc(-c2ccccn2)nc(N(C)CC2(O)CCC2)c1C. The van der Waals surface area contributed by atoms with E-state index in [1.54, 1.807) is 6.20 Å². The van der Waals surface area contributed by atoms with E-state index in [1.807, 2.05) is 44.0 Å². The number of hydrogen-bond acceptors (Lipinski definition) is 5. The Morgan fingerprint density at radius 3 is 2.59 bits per heavy atom. The van der Waals surface area contributed by atoms with Gasteiger partial charge in [-0.3, -0.25) is 4.98 Å². The zero-order valence-corrected chi connectivity index (χ0v) is 13.4. The van der Waals surface area contributed by atoms with E-state index in [-0.39, 0.29) is 0 Å². The van der Waals surface area contributed by atoms with Gasteiger partial charge in [0.2, 0.25) is 0 Å². The van der Waals surface area contributed by atoms with Crippen LogP contribution in [-0.2, 0) is 0 Å². The highest BCUT2D eigenvalue weighted by Gasteiger charge is 2.36. The van der Waals surface area contributed by atoms with Crippen LogP contribution in [0.4, 0.5) is 5.82 Å². The first-order chi connectivity index (χ1) is 10.5. The van der Waals surface area contributed by atoms with Crippen LogP contribution in [0.1, 0.15) is 30.5 Å². The Bertz CT molecular complexity index is 668. The second-order valence-corrected chi connectivity index (χ2v) is 6.23. The highest BCUT2D eigenvalue weighted by atomic mass is 16.3. The molecule has 5 heteroatoms. The lowest BCUT2D eigenvalue weighted by Crippen LogP contribution is -2.47. The Hall–Kier alpha value is -2.01. The van der Waals surface area contributed by atoms with E-state index in [2.05, 4.69) is 15.0 Å². The average Bonchev–Trinajstić information content (AvgIpc) is 2.49. The van der Waals surface area contributed by atoms with Crippen molar-refractivity contribution < 1.29 is 5.11 Å². The van der Waals surface area contributed by atoms with Crippen LogP contribution in [0.5, 0.6) is 0 Å². The lowest BCUT2D eigenvalue weighted by Gasteiger charge is -2.40. The van der Waals surface area contributed by atoms with E-state index in [1.165, 1.54) is 0 Å². The van der Waals surface area contributed by atoms with Crippen molar-refractivity contribution in [1.82, 2.24) is 15.0 Å². The minimum Gasteiger partial charge on any atom is -0.388 e. The monoisotopic (exact) mass is 298 g/mol. The molecule has 5 nitrogen and oxygen atoms in total. The second-order valence-electron chi connectivity index (χ2n) is 6.23. The quantitative estimate of drug-likeness (QED) is 0.939. The van der Waals surface area contributed by atoms with Gasteiger partial charge in [-0.2, -0.15) is 0 Å². The first-order valence-corrected chi connectivity index (χ1v) is 7.69. The van der Waals surface area contributed by atoms with Crippen molar-refractivity contribution in [3.8, 4) is 11.5 Å². The summed E-state index contributed by atoms with van der Waals surface area (Å²) in [5.74, 6) is 1.50. The van der Waals surface area contributed by atoms with Gasteiger partial charge in [-0.1, -0.05) is 6.07 Å². The fourth-order valence-corrected chi connectivity index (χ4v) is 2.85. The van der Waals surface area contributed by atoms with Crippen molar-refractivity contribution >= 4 is 5.82 Å². The lowest BCUT2D eigenvalue weighted by atomic mass is 9.80. The molecule has 1 fully saturated rings. The fraction of sp³-hybridized carbons (Fsp3) is 0.471. The number of anilines is 1. The van der Waals surface area contributed by atoms with Gasteiger partial charge in [0.25, 0.3) is 0 Å². The molecule has 0 atom stereocenters. The summed E-state index contributed by atoms with van der Waals surface area (Å²) in [6.45, 7) is 4.61. The number of hydrogen-bond donors (Lipinski definition) is 1. The second kappa shape index (κ2) is 5.65. The number of nitrogens with zero attached hydrogens (tertiary/aromatic N) is 4. The molecule has 0 aromatic carbocycles. The normalized spacial score (nSPS) is 16.2. The number of aliphatic hydroxyl groups is 1. The fourth-order valence-electron chi connectivity index (χ4n) is 2.85. The van der Waals surface area contributed by atoms with Crippen molar-refractivity contribution in [2.75, 3.05) is 18.5 Å². The Balaban J connectivity index is 1.94. The molecule has 3 rings (SSSR count). The molecular weight excluding hydrogens is 276 g/mol. The minimum absolute atomic E-state index is 0.564. The van der Waals surface area contributed by atoms with Crippen LogP contribution in [-0.4, -0.2) is 39.3 Å². The number of rotatable bonds is 4. The summed E-state index contributed by atoms with van der Waals surface area (Å²) in [4.78, 5) is 15.6. The van der Waals surface area contributed by atoms with E-state index in [0.29, 0.717) is 12.4 Å². The van der Waals surface area contributed by atoms with Gasteiger partial charge >= 0.3 is 0 Å². The smallest absolute Gasteiger partial charge is 0.180 e. The van der Waals surface area contributed by atoms with E-state index in [4.69, 9.17) is 0 Å². The van der Waals surface area contributed by atoms with E-state index < -0.39 is 5.60 Å². The van der Waals surface area contributed by atoms with Gasteiger partial charge in [0.1, 0.15) is 11.5 Å². The maximum Gasteiger partial charge on any atom is 0.180 e. The third-order valence-corrected chi connectivity index (χ3v) is 4.43. The van der Waals surface area contributed by atoms with Gasteiger partial charge < -0.3 is 10.0 Å². The molecule has 1 saturated carbocycles. The third kappa shape index (κ3) is 2.81. The summed E-state index contributed by atoms with van der Waals surface area (Å²) in [6.07, 6.45) is 4.58. The highest BCUT2D eigenvalue weighted by molar-refractivity contribution is 5.57. The number of aryl methyl sites for hydroxylation is 1. The molecule has 0 saturated heterocycles. The maximum absolute atomic E-state index is 10.4. The van der Waals surface area contributed by atoms with Gasteiger partial charge in [-0.05, 0) is 45.2 Å². The summed E-state index contributed by atoms with van der Waals surface area (Å²) in [5, 5.41) is 10.4. The first kappa shape index (κ1) is 14.9. The minimum atomic E-state index is -0.564. The lowest BCUT2D eigenvalue weighted by molar-refractivity contribution is -0.0248. The predicted molar refractivity (Wildman–Crippen MR) is 86.8 cm³/mol. The molecular formula is C17H22N4O. The molecule has 1 N–H and O–H groups in total. The van der Waals surface area contributed by atoms with Crippen LogP contribution in [0, 0.1) is 13.8 Å². The van der Waals surface area contributed by atoms with Crippen LogP contribution < -0.4 is 4.90 Å². The first-order valence-electron chi connectivity index (χ1n) is 7.69. The molecule has 0 unspecified atom stereocenters. The van der Waals surface area contributed by atoms with Crippen LogP contribution in [0.2, 0.25) is 0 Å². The molecule has 0 radical (unpaired) electrons. The van der Waals surface area contributed by atoms with E-state index in [0.717, 1.165) is 42.0 Å². The van der Waals surface area contributed by atoms with Crippen LogP contribution in [0.3, 0.4) is 0 Å². The molecule has 1 aliphatic carbocycles. The standard InChI is InChI=1S/C17H22N4O/c1-12-13(2)19-15(14-7-4-5-10-18-14)20-16(12)21(3)11-17(22)8-6-9-17/h4-5,7,10,22H,6,8-9,11H2,1-3H3. The molecule has 22 heavy (non-hydrogen) atoms. The Morgan fingerprint density at radius 2 is 2.00 bits per heavy atom. The summed E-state index contributed by atoms with van der Waals surface area (Å²) in [7, 11) is 1.98. The van der Waals surface area contributed by atoms with Gasteiger partial charge in [-0.25, -0.2) is 9.97 Å². The van der Waals surface area contributed by atoms with E-state index in [9.17, 15) is 5.11 Å². The van der Waals surface area contributed by atoms with Gasteiger partial charge in [-0.15, -0.1) is 0 Å². The van der Waals surface area contributed by atoms with Crippen molar-refractivity contribution in [3.05, 3.63) is 35.7 Å². The van der Waals surface area contributed by atoms with Crippen molar-refractivity contribution in [3.63, 3.8) is 0 Å². The van der Waals surface area contributed by atoms with Gasteiger partial charge in [0.15, 0.2) is 5.82 Å². The molecule has 2 aromatic heterocycles. The Labute approximate surface area is 131 Å². The third-order valence-electron chi connectivity index (χ3n) is 4.43. The van der Waals surface area contributed by atoms with Crippen molar-refractivity contribution in [2.24, 2.45) is 0 Å². The molecule has 1 aliphatic rings. The van der Waals surface area contributed by atoms with Gasteiger partial charge in [0, 0.05) is 31.0 Å². The zero-order chi connectivity index (χ0) is 15.7. The van der Waals surface area contributed by atoms with Crippen LogP contribution in [0.15, 0.2) is 24.4 Å². The maximum atomic E-state index is 10.4. The molecule has 2 heterocycles. The number of aromatic nitrogens is 3. The largest absolute Gasteiger partial charge is 0.388 e. The Morgan fingerprint density at radius 1 is 1.23 bits per heavy atom. The van der Waals surface area contributed by atoms with Gasteiger partial charge in [0.05, 0.1) is 5.60 Å². The zero-order valence-electron chi connectivity index (χ0n) is 13.4. The van der Waals surface area contributed by atoms with Crippen molar-refractivity contribution in [1.29, 1.82) is 0 Å². The summed E-state index contributed by atoms with van der Waals surface area (Å²) in [6, 6.07) is 5.72. The Kier molecular flexibility index (Phi) is 3.83. The molecule has 116 valence electrons. The number of likely N-dealkylation sites (N-methyl/N-ethyl adjacent to an activating group) is 1. The molecule has 0 amide bonds. The topological polar surface area (TPSA) is 62.1 Å². The molecule has 0 aliphatic heterocycles. The summed E-state index contributed by atoms with van der Waals surface area (Å²) in [5.41, 5.74) is 2.19. The molecule has 2 aromatic rings. The van der Waals surface area contributed by atoms with E-state index >= 15 is 0 Å². The molecule has 0 bridgehead atoms. The highest BCUT2D eigenvalue weighted by Crippen LogP contribution is 2.33. The van der Waals surface area contributed by atoms with Crippen LogP contribution >= 0.6 is 0 Å². The summed E-state index contributed by atoms with van der Waals surface area (Å²) >= 11 is 0. The predicted octanol–water partition coefficient (Wildman–Crippen LogP) is 2.51. The van der Waals surface area contributed by atoms with Crippen molar-refractivity contribution in [2.45, 2.75) is 38.7 Å². The van der Waals surface area contributed by atoms with Crippen LogP contribution in [0.25, 0.3) is 11.5 Å². The number of pyridine rings is 1. The molecule has 0 spiro atoms. The summed E-state index contributed by atoms with van der Waals surface area (Å²) < 4.78 is 0. The average molecular weight is 298 g/mol.